The lowest BCUT2D eigenvalue weighted by molar-refractivity contribution is -0.121. The van der Waals surface area contributed by atoms with Gasteiger partial charge in [-0.05, 0) is 26.2 Å². The summed E-state index contributed by atoms with van der Waals surface area (Å²) in [6, 6.07) is 0.407. The molecule has 0 radical (unpaired) electrons. The van der Waals surface area contributed by atoms with Crippen LogP contribution in [0.1, 0.15) is 52.4 Å². The molecule has 0 spiro atoms. The molecule has 132 valence electrons. The Morgan fingerprint density at radius 3 is 2.78 bits per heavy atom. The molecule has 2 rings (SSSR count). The van der Waals surface area contributed by atoms with Crippen LogP contribution in [0.4, 0.5) is 0 Å². The van der Waals surface area contributed by atoms with Gasteiger partial charge in [0.2, 0.25) is 5.91 Å². The summed E-state index contributed by atoms with van der Waals surface area (Å²) in [5, 5.41) is 7.21. The van der Waals surface area contributed by atoms with E-state index in [0.717, 1.165) is 44.2 Å². The van der Waals surface area contributed by atoms with E-state index in [2.05, 4.69) is 46.1 Å². The van der Waals surface area contributed by atoms with Gasteiger partial charge in [0.1, 0.15) is 0 Å². The number of nitrogens with one attached hydrogen (secondary N) is 2. The molecule has 1 heterocycles. The number of hydrogen-bond donors (Lipinski definition) is 2. The molecule has 2 aliphatic rings. The van der Waals surface area contributed by atoms with Gasteiger partial charge in [0.15, 0.2) is 5.96 Å². The van der Waals surface area contributed by atoms with Crippen LogP contribution in [0.5, 0.6) is 0 Å². The Balaban J connectivity index is 1.79. The summed E-state index contributed by atoms with van der Waals surface area (Å²) in [4.78, 5) is 19.0. The SMILES string of the molecule is CCNC(=NCCC(=O)NC1CCCC1)N1CCSC(CC)C1. The first-order chi connectivity index (χ1) is 11.2. The predicted octanol–water partition coefficient (Wildman–Crippen LogP) is 2.23. The highest BCUT2D eigenvalue weighted by molar-refractivity contribution is 8.00. The van der Waals surface area contributed by atoms with Gasteiger partial charge in [-0.15, -0.1) is 0 Å². The van der Waals surface area contributed by atoms with Gasteiger partial charge in [0.05, 0.1) is 6.54 Å². The van der Waals surface area contributed by atoms with Crippen molar-refractivity contribution < 1.29 is 4.79 Å². The molecule has 0 aromatic carbocycles. The molecule has 0 bridgehead atoms. The van der Waals surface area contributed by atoms with Crippen molar-refractivity contribution in [3.63, 3.8) is 0 Å². The van der Waals surface area contributed by atoms with Gasteiger partial charge < -0.3 is 15.5 Å². The topological polar surface area (TPSA) is 56.7 Å². The Morgan fingerprint density at radius 2 is 2.09 bits per heavy atom. The summed E-state index contributed by atoms with van der Waals surface area (Å²) >= 11 is 2.06. The zero-order valence-corrected chi connectivity index (χ0v) is 15.5. The third-order valence-electron chi connectivity index (χ3n) is 4.55. The van der Waals surface area contributed by atoms with Crippen molar-refractivity contribution in [3.05, 3.63) is 0 Å². The number of amides is 1. The Kier molecular flexibility index (Phi) is 8.06. The standard InChI is InChI=1S/C17H32N4OS/c1-3-15-13-21(11-12-23-15)17(18-4-2)19-10-9-16(22)20-14-7-5-6-8-14/h14-15H,3-13H2,1-2H3,(H,18,19)(H,20,22). The van der Waals surface area contributed by atoms with Crippen molar-refractivity contribution >= 4 is 23.6 Å². The lowest BCUT2D eigenvalue weighted by atomic mass is 10.2. The number of guanidine groups is 1. The molecule has 1 saturated heterocycles. The third kappa shape index (κ3) is 6.24. The minimum atomic E-state index is 0.150. The van der Waals surface area contributed by atoms with Gasteiger partial charge in [0, 0.05) is 43.1 Å². The number of aliphatic imine (C=N–C) groups is 1. The maximum Gasteiger partial charge on any atom is 0.222 e. The fourth-order valence-corrected chi connectivity index (χ4v) is 4.40. The number of nitrogens with zero attached hydrogens (tertiary/aromatic N) is 2. The second-order valence-electron chi connectivity index (χ2n) is 6.38. The highest BCUT2D eigenvalue weighted by atomic mass is 32.2. The monoisotopic (exact) mass is 340 g/mol. The van der Waals surface area contributed by atoms with Gasteiger partial charge in [-0.25, -0.2) is 0 Å². The van der Waals surface area contributed by atoms with E-state index in [9.17, 15) is 4.79 Å². The summed E-state index contributed by atoms with van der Waals surface area (Å²) in [6.07, 6.45) is 6.47. The maximum absolute atomic E-state index is 12.0. The van der Waals surface area contributed by atoms with E-state index in [-0.39, 0.29) is 5.91 Å². The summed E-state index contributed by atoms with van der Waals surface area (Å²) < 4.78 is 0. The molecule has 0 aromatic rings. The van der Waals surface area contributed by atoms with Crippen molar-refractivity contribution in [1.82, 2.24) is 15.5 Å². The van der Waals surface area contributed by atoms with E-state index in [1.807, 2.05) is 0 Å². The lowest BCUT2D eigenvalue weighted by Crippen LogP contribution is -2.48. The number of carbonyl (C=O) groups excluding carboxylic acids is 1. The Labute approximate surface area is 145 Å². The van der Waals surface area contributed by atoms with Crippen molar-refractivity contribution in [3.8, 4) is 0 Å². The van der Waals surface area contributed by atoms with E-state index < -0.39 is 0 Å². The van der Waals surface area contributed by atoms with Crippen molar-refractivity contribution in [2.45, 2.75) is 63.7 Å². The number of carbonyl (C=O) groups is 1. The van der Waals surface area contributed by atoms with Crippen LogP contribution in [0.15, 0.2) is 4.99 Å². The van der Waals surface area contributed by atoms with Crippen molar-refractivity contribution in [2.75, 3.05) is 31.9 Å². The second-order valence-corrected chi connectivity index (χ2v) is 7.79. The highest BCUT2D eigenvalue weighted by Gasteiger charge is 2.21. The summed E-state index contributed by atoms with van der Waals surface area (Å²) in [6.45, 7) is 7.88. The molecule has 5 nitrogen and oxygen atoms in total. The smallest absolute Gasteiger partial charge is 0.222 e. The molecule has 6 heteroatoms. The van der Waals surface area contributed by atoms with Crippen LogP contribution in [0.2, 0.25) is 0 Å². The van der Waals surface area contributed by atoms with E-state index >= 15 is 0 Å². The maximum atomic E-state index is 12.0. The van der Waals surface area contributed by atoms with Crippen LogP contribution < -0.4 is 10.6 Å². The first-order valence-electron chi connectivity index (χ1n) is 9.17. The average Bonchev–Trinajstić information content (AvgIpc) is 3.07. The molecule has 1 amide bonds. The molecule has 2 fully saturated rings. The van der Waals surface area contributed by atoms with Crippen LogP contribution >= 0.6 is 11.8 Å². The molecule has 1 atom stereocenters. The van der Waals surface area contributed by atoms with Gasteiger partial charge in [0.25, 0.3) is 0 Å². The van der Waals surface area contributed by atoms with Crippen molar-refractivity contribution in [1.29, 1.82) is 0 Å². The van der Waals surface area contributed by atoms with E-state index in [4.69, 9.17) is 0 Å². The Bertz CT molecular complexity index is 396. The first kappa shape index (κ1) is 18.4. The minimum Gasteiger partial charge on any atom is -0.357 e. The van der Waals surface area contributed by atoms with E-state index in [0.29, 0.717) is 24.3 Å². The molecule has 0 aromatic heterocycles. The Morgan fingerprint density at radius 1 is 1.30 bits per heavy atom. The fraction of sp³-hybridized carbons (Fsp3) is 0.882. The zero-order valence-electron chi connectivity index (χ0n) is 14.6. The van der Waals surface area contributed by atoms with Crippen LogP contribution in [0.25, 0.3) is 0 Å². The lowest BCUT2D eigenvalue weighted by Gasteiger charge is -2.34. The second kappa shape index (κ2) is 10.1. The number of rotatable bonds is 6. The van der Waals surface area contributed by atoms with Gasteiger partial charge in [-0.3, -0.25) is 9.79 Å². The molecular weight excluding hydrogens is 308 g/mol. The Hall–Kier alpha value is -0.910. The molecule has 2 N–H and O–H groups in total. The number of thioether (sulfide) groups is 1. The van der Waals surface area contributed by atoms with Crippen LogP contribution in [0.3, 0.4) is 0 Å². The van der Waals surface area contributed by atoms with E-state index in [1.165, 1.54) is 19.3 Å². The van der Waals surface area contributed by atoms with Gasteiger partial charge in [-0.2, -0.15) is 11.8 Å². The molecule has 23 heavy (non-hydrogen) atoms. The van der Waals surface area contributed by atoms with E-state index in [1.54, 1.807) is 0 Å². The largest absolute Gasteiger partial charge is 0.357 e. The number of hydrogen-bond acceptors (Lipinski definition) is 3. The fourth-order valence-electron chi connectivity index (χ4n) is 3.22. The van der Waals surface area contributed by atoms with Crippen LogP contribution in [0, 0.1) is 0 Å². The molecule has 1 unspecified atom stereocenters. The minimum absolute atomic E-state index is 0.150. The quantitative estimate of drug-likeness (QED) is 0.575. The first-order valence-corrected chi connectivity index (χ1v) is 10.2. The highest BCUT2D eigenvalue weighted by Crippen LogP contribution is 2.21. The summed E-state index contributed by atoms with van der Waals surface area (Å²) in [5.74, 6) is 2.28. The molecular formula is C17H32N4OS. The molecule has 1 aliphatic carbocycles. The summed E-state index contributed by atoms with van der Waals surface area (Å²) in [7, 11) is 0. The molecule has 1 saturated carbocycles. The van der Waals surface area contributed by atoms with Crippen molar-refractivity contribution in [2.24, 2.45) is 4.99 Å². The third-order valence-corrected chi connectivity index (χ3v) is 5.92. The van der Waals surface area contributed by atoms with Gasteiger partial charge >= 0.3 is 0 Å². The summed E-state index contributed by atoms with van der Waals surface area (Å²) in [5.41, 5.74) is 0. The molecule has 1 aliphatic heterocycles. The normalized spacial score (nSPS) is 23.1. The predicted molar refractivity (Wildman–Crippen MR) is 99.1 cm³/mol. The van der Waals surface area contributed by atoms with Gasteiger partial charge in [-0.1, -0.05) is 19.8 Å². The van der Waals surface area contributed by atoms with Crippen LogP contribution in [-0.2, 0) is 4.79 Å². The zero-order chi connectivity index (χ0) is 16.5. The van der Waals surface area contributed by atoms with Crippen LogP contribution in [-0.4, -0.2) is 60.0 Å². The average molecular weight is 341 g/mol.